The molecule has 0 aliphatic heterocycles. The molecular formula is C48H38N2O. The molecule has 1 heterocycles. The largest absolute Gasteiger partial charge is 0.455 e. The first-order valence-electron chi connectivity index (χ1n) is 17.6. The second-order valence-electron chi connectivity index (χ2n) is 13.7. The zero-order valence-electron chi connectivity index (χ0n) is 29.3. The Kier molecular flexibility index (Phi) is 7.36. The van der Waals surface area contributed by atoms with Gasteiger partial charge in [-0.3, -0.25) is 0 Å². The molecule has 9 aromatic rings. The van der Waals surface area contributed by atoms with Crippen molar-refractivity contribution in [3.8, 4) is 0 Å². The third-order valence-electron chi connectivity index (χ3n) is 10.2. The van der Waals surface area contributed by atoms with Crippen LogP contribution in [-0.2, 0) is 0 Å². The molecule has 0 N–H and O–H groups in total. The standard InChI is InChI=1S/C48H38N2O/c1-31-15-13-19-35(27-31)49(43-25-11-5-17-33(43)3)45-29-41-42-30-46(50(36-20-14-16-32(2)28-36)44-26-12-6-18-34(44)4)38-22-8-10-24-40(38)48(42)51-47(41)39-23-9-7-21-37(39)45/h5-30H,1-4H3. The van der Waals surface area contributed by atoms with Crippen molar-refractivity contribution in [2.75, 3.05) is 9.80 Å². The van der Waals surface area contributed by atoms with Gasteiger partial charge in [-0.2, -0.15) is 0 Å². The summed E-state index contributed by atoms with van der Waals surface area (Å²) in [5.41, 5.74) is 13.4. The molecule has 246 valence electrons. The van der Waals surface area contributed by atoms with Crippen LogP contribution in [0.3, 0.4) is 0 Å². The predicted octanol–water partition coefficient (Wildman–Crippen LogP) is 14.1. The Morgan fingerprint density at radius 1 is 0.333 bits per heavy atom. The van der Waals surface area contributed by atoms with Gasteiger partial charge in [0, 0.05) is 55.1 Å². The Labute approximate surface area is 298 Å². The molecule has 0 aliphatic carbocycles. The van der Waals surface area contributed by atoms with Crippen molar-refractivity contribution >= 4 is 77.6 Å². The quantitative estimate of drug-likeness (QED) is 0.177. The van der Waals surface area contributed by atoms with E-state index in [0.717, 1.165) is 77.6 Å². The summed E-state index contributed by atoms with van der Waals surface area (Å²) in [7, 11) is 0. The van der Waals surface area contributed by atoms with Gasteiger partial charge in [0.2, 0.25) is 0 Å². The minimum Gasteiger partial charge on any atom is -0.455 e. The predicted molar refractivity (Wildman–Crippen MR) is 217 cm³/mol. The molecule has 0 radical (unpaired) electrons. The minimum absolute atomic E-state index is 0.902. The maximum Gasteiger partial charge on any atom is 0.143 e. The average Bonchev–Trinajstić information content (AvgIpc) is 3.52. The Balaban J connectivity index is 1.41. The maximum atomic E-state index is 7.02. The van der Waals surface area contributed by atoms with Crippen molar-refractivity contribution < 1.29 is 4.42 Å². The fourth-order valence-corrected chi connectivity index (χ4v) is 7.73. The molecule has 0 saturated carbocycles. The van der Waals surface area contributed by atoms with Gasteiger partial charge < -0.3 is 14.2 Å². The molecule has 51 heavy (non-hydrogen) atoms. The van der Waals surface area contributed by atoms with E-state index in [2.05, 4.69) is 195 Å². The fraction of sp³-hybridized carbons (Fsp3) is 0.0833. The molecule has 0 saturated heterocycles. The van der Waals surface area contributed by atoms with Crippen LogP contribution in [0.15, 0.2) is 162 Å². The van der Waals surface area contributed by atoms with E-state index in [-0.39, 0.29) is 0 Å². The van der Waals surface area contributed by atoms with Gasteiger partial charge >= 0.3 is 0 Å². The van der Waals surface area contributed by atoms with E-state index < -0.39 is 0 Å². The lowest BCUT2D eigenvalue weighted by Gasteiger charge is -2.29. The molecule has 0 fully saturated rings. The number of anilines is 6. The van der Waals surface area contributed by atoms with Crippen molar-refractivity contribution in [1.29, 1.82) is 0 Å². The van der Waals surface area contributed by atoms with Crippen molar-refractivity contribution in [3.05, 3.63) is 180 Å². The lowest BCUT2D eigenvalue weighted by atomic mass is 9.98. The average molecular weight is 659 g/mol. The van der Waals surface area contributed by atoms with Crippen LogP contribution >= 0.6 is 0 Å². The second kappa shape index (κ2) is 12.2. The van der Waals surface area contributed by atoms with E-state index >= 15 is 0 Å². The smallest absolute Gasteiger partial charge is 0.143 e. The topological polar surface area (TPSA) is 19.6 Å². The number of nitrogens with zero attached hydrogens (tertiary/aromatic N) is 2. The summed E-state index contributed by atoms with van der Waals surface area (Å²) in [5, 5.41) is 6.64. The van der Waals surface area contributed by atoms with Crippen LogP contribution in [0.1, 0.15) is 22.3 Å². The third kappa shape index (κ3) is 5.13. The van der Waals surface area contributed by atoms with Gasteiger partial charge in [0.15, 0.2) is 0 Å². The van der Waals surface area contributed by atoms with E-state index in [1.54, 1.807) is 0 Å². The van der Waals surface area contributed by atoms with Crippen LogP contribution in [0.25, 0.3) is 43.5 Å². The summed E-state index contributed by atoms with van der Waals surface area (Å²) < 4.78 is 7.02. The highest BCUT2D eigenvalue weighted by Crippen LogP contribution is 2.49. The van der Waals surface area contributed by atoms with Gasteiger partial charge in [-0.1, -0.05) is 109 Å². The van der Waals surface area contributed by atoms with Crippen LogP contribution in [0.4, 0.5) is 34.1 Å². The maximum absolute atomic E-state index is 7.02. The number of para-hydroxylation sites is 2. The van der Waals surface area contributed by atoms with E-state index in [9.17, 15) is 0 Å². The molecule has 0 spiro atoms. The third-order valence-corrected chi connectivity index (χ3v) is 10.2. The summed E-state index contributed by atoms with van der Waals surface area (Å²) in [6, 6.07) is 56.9. The first kappa shape index (κ1) is 30.7. The first-order valence-corrected chi connectivity index (χ1v) is 17.6. The number of furan rings is 1. The zero-order chi connectivity index (χ0) is 34.6. The van der Waals surface area contributed by atoms with Gasteiger partial charge in [0.05, 0.1) is 11.4 Å². The molecule has 0 atom stereocenters. The Morgan fingerprint density at radius 2 is 0.725 bits per heavy atom. The number of fused-ring (bicyclic) bond motifs is 7. The zero-order valence-corrected chi connectivity index (χ0v) is 29.3. The summed E-state index contributed by atoms with van der Waals surface area (Å²) in [6.45, 7) is 8.70. The molecule has 3 nitrogen and oxygen atoms in total. The lowest BCUT2D eigenvalue weighted by Crippen LogP contribution is -2.12. The summed E-state index contributed by atoms with van der Waals surface area (Å²) in [6.07, 6.45) is 0. The van der Waals surface area contributed by atoms with Crippen LogP contribution in [0.2, 0.25) is 0 Å². The highest BCUT2D eigenvalue weighted by Gasteiger charge is 2.24. The number of hydrogen-bond acceptors (Lipinski definition) is 3. The van der Waals surface area contributed by atoms with Gasteiger partial charge in [0.25, 0.3) is 0 Å². The van der Waals surface area contributed by atoms with E-state index in [0.29, 0.717) is 0 Å². The van der Waals surface area contributed by atoms with Crippen molar-refractivity contribution in [2.24, 2.45) is 0 Å². The number of rotatable bonds is 6. The van der Waals surface area contributed by atoms with Crippen LogP contribution in [0.5, 0.6) is 0 Å². The van der Waals surface area contributed by atoms with Crippen molar-refractivity contribution in [2.45, 2.75) is 27.7 Å². The van der Waals surface area contributed by atoms with Crippen LogP contribution in [-0.4, -0.2) is 0 Å². The molecule has 0 bridgehead atoms. The highest BCUT2D eigenvalue weighted by atomic mass is 16.3. The van der Waals surface area contributed by atoms with Gasteiger partial charge in [-0.15, -0.1) is 0 Å². The second-order valence-corrected chi connectivity index (χ2v) is 13.7. The molecule has 0 amide bonds. The van der Waals surface area contributed by atoms with E-state index in [4.69, 9.17) is 4.42 Å². The minimum atomic E-state index is 0.902. The lowest BCUT2D eigenvalue weighted by molar-refractivity contribution is 0.676. The Hall–Kier alpha value is -6.32. The van der Waals surface area contributed by atoms with Crippen LogP contribution < -0.4 is 9.80 Å². The Morgan fingerprint density at radius 3 is 1.14 bits per heavy atom. The van der Waals surface area contributed by atoms with Crippen molar-refractivity contribution in [1.82, 2.24) is 0 Å². The van der Waals surface area contributed by atoms with Crippen LogP contribution in [0, 0.1) is 27.7 Å². The van der Waals surface area contributed by atoms with Gasteiger partial charge in [-0.25, -0.2) is 0 Å². The monoisotopic (exact) mass is 658 g/mol. The summed E-state index contributed by atoms with van der Waals surface area (Å²) in [4.78, 5) is 4.83. The Bertz CT molecular complexity index is 2580. The first-order chi connectivity index (χ1) is 25.0. The van der Waals surface area contributed by atoms with Gasteiger partial charge in [0.1, 0.15) is 11.2 Å². The molecule has 1 aromatic heterocycles. The molecular weight excluding hydrogens is 621 g/mol. The summed E-state index contributed by atoms with van der Waals surface area (Å²) >= 11 is 0. The van der Waals surface area contributed by atoms with Crippen molar-refractivity contribution in [3.63, 3.8) is 0 Å². The molecule has 0 aliphatic rings. The number of aryl methyl sites for hydroxylation is 4. The van der Waals surface area contributed by atoms with E-state index in [1.807, 2.05) is 0 Å². The SMILES string of the molecule is Cc1cccc(N(c2ccccc2C)c2cc3c4cc(N(c5cccc(C)c5)c5ccccc5C)c5ccccc5c4oc3c3ccccc23)c1. The number of benzene rings is 8. The molecule has 8 aromatic carbocycles. The summed E-state index contributed by atoms with van der Waals surface area (Å²) in [5.74, 6) is 0. The molecule has 0 unspecified atom stereocenters. The molecule has 3 heteroatoms. The van der Waals surface area contributed by atoms with Gasteiger partial charge in [-0.05, 0) is 98.5 Å². The normalized spacial score (nSPS) is 11.5. The molecule has 9 rings (SSSR count). The number of hydrogen-bond donors (Lipinski definition) is 0. The highest BCUT2D eigenvalue weighted by molar-refractivity contribution is 6.25. The van der Waals surface area contributed by atoms with E-state index in [1.165, 1.54) is 22.3 Å². The fourth-order valence-electron chi connectivity index (χ4n) is 7.73.